The molecule has 0 saturated heterocycles. The van der Waals surface area contributed by atoms with E-state index in [1.165, 1.54) is 5.56 Å². The third-order valence-corrected chi connectivity index (χ3v) is 4.57. The van der Waals surface area contributed by atoms with Crippen molar-refractivity contribution in [2.75, 3.05) is 14.2 Å². The minimum Gasteiger partial charge on any atom is -0.493 e. The van der Waals surface area contributed by atoms with E-state index in [0.717, 1.165) is 10.0 Å². The van der Waals surface area contributed by atoms with Gasteiger partial charge in [0.05, 0.1) is 20.4 Å². The van der Waals surface area contributed by atoms with Crippen LogP contribution in [0.3, 0.4) is 0 Å². The van der Waals surface area contributed by atoms with Crippen molar-refractivity contribution < 1.29 is 14.3 Å². The predicted molar refractivity (Wildman–Crippen MR) is 107 cm³/mol. The number of carbonyl (C=O) groups excluding carboxylic acids is 1. The number of hydrogen-bond acceptors (Lipinski definition) is 4. The molecule has 0 aliphatic rings. The zero-order valence-corrected chi connectivity index (χ0v) is 17.2. The maximum Gasteiger partial charge on any atom is 0.271 e. The van der Waals surface area contributed by atoms with Crippen molar-refractivity contribution in [3.8, 4) is 11.5 Å². The van der Waals surface area contributed by atoms with Crippen LogP contribution >= 0.6 is 15.9 Å². The first-order valence-electron chi connectivity index (χ1n) is 8.11. The van der Waals surface area contributed by atoms with Crippen LogP contribution in [0.25, 0.3) is 0 Å². The number of benzene rings is 2. The third-order valence-electron chi connectivity index (χ3n) is 3.89. The molecule has 2 aromatic carbocycles. The van der Waals surface area contributed by atoms with Gasteiger partial charge in [0.15, 0.2) is 11.5 Å². The molecule has 0 radical (unpaired) electrons. The van der Waals surface area contributed by atoms with Gasteiger partial charge < -0.3 is 9.47 Å². The van der Waals surface area contributed by atoms with Crippen LogP contribution in [0.5, 0.6) is 11.5 Å². The first-order chi connectivity index (χ1) is 12.3. The van der Waals surface area contributed by atoms with Crippen LogP contribution in [-0.2, 0) is 5.41 Å². The lowest BCUT2D eigenvalue weighted by atomic mass is 9.87. The van der Waals surface area contributed by atoms with Gasteiger partial charge in [-0.2, -0.15) is 5.10 Å². The van der Waals surface area contributed by atoms with Crippen molar-refractivity contribution in [3.63, 3.8) is 0 Å². The highest BCUT2D eigenvalue weighted by Crippen LogP contribution is 2.32. The fourth-order valence-corrected chi connectivity index (χ4v) is 2.74. The van der Waals surface area contributed by atoms with Crippen LogP contribution in [0, 0.1) is 0 Å². The SMILES string of the molecule is COc1cc(Br)c(/C=N\NC(=O)c2ccc(C(C)(C)C)cc2)cc1OC. The van der Waals surface area contributed by atoms with Gasteiger partial charge in [0.2, 0.25) is 0 Å². The molecule has 5 nitrogen and oxygen atoms in total. The molecular weight excluding hydrogens is 396 g/mol. The number of carbonyl (C=O) groups is 1. The van der Waals surface area contributed by atoms with Crippen LogP contribution in [0.1, 0.15) is 42.3 Å². The number of rotatable bonds is 5. The zero-order chi connectivity index (χ0) is 19.3. The summed E-state index contributed by atoms with van der Waals surface area (Å²) in [4.78, 5) is 12.2. The number of ether oxygens (including phenoxy) is 2. The minimum atomic E-state index is -0.265. The molecule has 2 aromatic rings. The van der Waals surface area contributed by atoms with E-state index in [2.05, 4.69) is 47.2 Å². The Labute approximate surface area is 162 Å². The number of hydrogen-bond donors (Lipinski definition) is 1. The molecule has 0 aliphatic carbocycles. The fraction of sp³-hybridized carbons (Fsp3) is 0.300. The van der Waals surface area contributed by atoms with Gasteiger partial charge in [-0.1, -0.05) is 32.9 Å². The average Bonchev–Trinajstić information content (AvgIpc) is 2.61. The van der Waals surface area contributed by atoms with Crippen LogP contribution in [-0.4, -0.2) is 26.3 Å². The van der Waals surface area contributed by atoms with E-state index in [1.54, 1.807) is 44.7 Å². The smallest absolute Gasteiger partial charge is 0.271 e. The summed E-state index contributed by atoms with van der Waals surface area (Å²) >= 11 is 3.45. The van der Waals surface area contributed by atoms with E-state index in [0.29, 0.717) is 17.1 Å². The number of nitrogens with one attached hydrogen (secondary N) is 1. The lowest BCUT2D eigenvalue weighted by molar-refractivity contribution is 0.0955. The molecule has 0 aliphatic heterocycles. The van der Waals surface area contributed by atoms with Crippen molar-refractivity contribution in [2.24, 2.45) is 5.10 Å². The molecule has 138 valence electrons. The maximum absolute atomic E-state index is 12.2. The zero-order valence-electron chi connectivity index (χ0n) is 15.6. The summed E-state index contributed by atoms with van der Waals surface area (Å²) in [5.41, 5.74) is 5.07. The van der Waals surface area contributed by atoms with Gasteiger partial charge in [0.25, 0.3) is 5.91 Å². The second-order valence-corrected chi connectivity index (χ2v) is 7.61. The Morgan fingerprint density at radius 1 is 1.08 bits per heavy atom. The lowest BCUT2D eigenvalue weighted by Crippen LogP contribution is -2.18. The molecule has 0 spiro atoms. The molecule has 26 heavy (non-hydrogen) atoms. The molecule has 1 N–H and O–H groups in total. The normalized spacial score (nSPS) is 11.5. The molecule has 6 heteroatoms. The van der Waals surface area contributed by atoms with E-state index >= 15 is 0 Å². The van der Waals surface area contributed by atoms with Gasteiger partial charge in [-0.05, 0) is 51.2 Å². The number of hydrazone groups is 1. The average molecular weight is 419 g/mol. The summed E-state index contributed by atoms with van der Waals surface area (Å²) in [6.45, 7) is 6.40. The van der Waals surface area contributed by atoms with Gasteiger partial charge in [-0.25, -0.2) is 5.43 Å². The summed E-state index contributed by atoms with van der Waals surface area (Å²) < 4.78 is 11.3. The van der Waals surface area contributed by atoms with Crippen molar-refractivity contribution >= 4 is 28.1 Å². The number of amides is 1. The van der Waals surface area contributed by atoms with Crippen molar-refractivity contribution in [1.82, 2.24) is 5.43 Å². The van der Waals surface area contributed by atoms with E-state index in [4.69, 9.17) is 9.47 Å². The molecule has 1 amide bonds. The molecule has 0 bridgehead atoms. The molecule has 0 saturated carbocycles. The largest absolute Gasteiger partial charge is 0.493 e. The molecule has 0 heterocycles. The fourth-order valence-electron chi connectivity index (χ4n) is 2.32. The Morgan fingerprint density at radius 2 is 1.65 bits per heavy atom. The first kappa shape index (κ1) is 20.0. The van der Waals surface area contributed by atoms with E-state index < -0.39 is 0 Å². The number of nitrogens with zero attached hydrogens (tertiary/aromatic N) is 1. The standard InChI is InChI=1S/C20H23BrN2O3/c1-20(2,3)15-8-6-13(7-9-15)19(24)23-22-12-14-10-17(25-4)18(26-5)11-16(14)21/h6-12H,1-5H3,(H,23,24)/b22-12-. The number of halogens is 1. The highest BCUT2D eigenvalue weighted by atomic mass is 79.9. The van der Waals surface area contributed by atoms with Gasteiger partial charge in [0.1, 0.15) is 0 Å². The maximum atomic E-state index is 12.2. The lowest BCUT2D eigenvalue weighted by Gasteiger charge is -2.18. The topological polar surface area (TPSA) is 59.9 Å². The second kappa shape index (κ2) is 8.36. The Balaban J connectivity index is 2.09. The van der Waals surface area contributed by atoms with E-state index in [1.807, 2.05) is 12.1 Å². The van der Waals surface area contributed by atoms with Crippen LogP contribution in [0.2, 0.25) is 0 Å². The van der Waals surface area contributed by atoms with Crippen molar-refractivity contribution in [2.45, 2.75) is 26.2 Å². The molecular formula is C20H23BrN2O3. The molecule has 0 fully saturated rings. The summed E-state index contributed by atoms with van der Waals surface area (Å²) in [5.74, 6) is 0.930. The summed E-state index contributed by atoms with van der Waals surface area (Å²) in [7, 11) is 3.14. The second-order valence-electron chi connectivity index (χ2n) is 6.76. The van der Waals surface area contributed by atoms with Crippen molar-refractivity contribution in [1.29, 1.82) is 0 Å². The van der Waals surface area contributed by atoms with E-state index in [-0.39, 0.29) is 11.3 Å². The van der Waals surface area contributed by atoms with Crippen LogP contribution in [0.15, 0.2) is 46.0 Å². The van der Waals surface area contributed by atoms with Crippen molar-refractivity contribution in [3.05, 3.63) is 57.6 Å². The van der Waals surface area contributed by atoms with Gasteiger partial charge >= 0.3 is 0 Å². The van der Waals surface area contributed by atoms with Gasteiger partial charge in [-0.3, -0.25) is 4.79 Å². The van der Waals surface area contributed by atoms with Crippen LogP contribution < -0.4 is 14.9 Å². The summed E-state index contributed by atoms with van der Waals surface area (Å²) in [5, 5.41) is 4.03. The Morgan fingerprint density at radius 3 is 2.19 bits per heavy atom. The highest BCUT2D eigenvalue weighted by Gasteiger charge is 2.14. The third kappa shape index (κ3) is 4.85. The van der Waals surface area contributed by atoms with E-state index in [9.17, 15) is 4.79 Å². The molecule has 0 unspecified atom stereocenters. The highest BCUT2D eigenvalue weighted by molar-refractivity contribution is 9.10. The Kier molecular flexibility index (Phi) is 6.42. The Bertz CT molecular complexity index is 809. The monoisotopic (exact) mass is 418 g/mol. The molecule has 2 rings (SSSR count). The summed E-state index contributed by atoms with van der Waals surface area (Å²) in [6.07, 6.45) is 1.55. The first-order valence-corrected chi connectivity index (χ1v) is 8.91. The quantitative estimate of drug-likeness (QED) is 0.573. The Hall–Kier alpha value is -2.34. The van der Waals surface area contributed by atoms with Gasteiger partial charge in [-0.15, -0.1) is 0 Å². The summed E-state index contributed by atoms with van der Waals surface area (Å²) in [6, 6.07) is 11.1. The molecule has 0 aromatic heterocycles. The van der Waals surface area contributed by atoms with Crippen LogP contribution in [0.4, 0.5) is 0 Å². The van der Waals surface area contributed by atoms with Gasteiger partial charge in [0, 0.05) is 15.6 Å². The molecule has 0 atom stereocenters. The predicted octanol–water partition coefficient (Wildman–Crippen LogP) is 4.53. The number of methoxy groups -OCH3 is 2. The minimum absolute atomic E-state index is 0.0485.